The van der Waals surface area contributed by atoms with Crippen LogP contribution in [0.15, 0.2) is 17.1 Å². The number of nitrogens with zero attached hydrogens (tertiary/aromatic N) is 1. The first-order chi connectivity index (χ1) is 11.0. The molecule has 2 N–H and O–H groups in total. The molecule has 124 valence electrons. The van der Waals surface area contributed by atoms with Crippen LogP contribution in [-0.2, 0) is 4.79 Å². The SMILES string of the molecule is COc1c[nH]c(C(=O)N(C)[C@H]2C[C@H]3CNC(=O)C[C@H]3C2)cc1=O. The molecule has 3 rings (SSSR count). The lowest BCUT2D eigenvalue weighted by Crippen LogP contribution is -2.38. The summed E-state index contributed by atoms with van der Waals surface area (Å²) in [5.74, 6) is 0.843. The maximum atomic E-state index is 12.6. The number of piperidine rings is 1. The Bertz CT molecular complexity index is 684. The van der Waals surface area contributed by atoms with Crippen molar-refractivity contribution in [3.05, 3.63) is 28.2 Å². The number of pyridine rings is 1. The van der Waals surface area contributed by atoms with Gasteiger partial charge in [-0.15, -0.1) is 0 Å². The molecule has 7 heteroatoms. The van der Waals surface area contributed by atoms with Crippen LogP contribution >= 0.6 is 0 Å². The van der Waals surface area contributed by atoms with Crippen molar-refractivity contribution < 1.29 is 14.3 Å². The van der Waals surface area contributed by atoms with Gasteiger partial charge in [-0.05, 0) is 24.7 Å². The molecule has 1 aromatic rings. The standard InChI is InChI=1S/C16H21N3O4/c1-19(11-3-9-5-15(21)18-7-10(9)4-11)16(22)12-6-13(20)14(23-2)8-17-12/h6,8-11H,3-5,7H2,1-2H3,(H,17,20)(H,18,21)/t9-,10+,11-/m1/s1. The Morgan fingerprint density at radius 1 is 1.30 bits per heavy atom. The minimum atomic E-state index is -0.321. The fourth-order valence-electron chi connectivity index (χ4n) is 3.65. The third-order valence-corrected chi connectivity index (χ3v) is 5.02. The molecule has 1 aromatic heterocycles. The van der Waals surface area contributed by atoms with Gasteiger partial charge in [0.25, 0.3) is 5.91 Å². The van der Waals surface area contributed by atoms with Gasteiger partial charge in [-0.3, -0.25) is 14.4 Å². The monoisotopic (exact) mass is 319 g/mol. The first-order valence-corrected chi connectivity index (χ1v) is 7.80. The van der Waals surface area contributed by atoms with E-state index in [1.54, 1.807) is 11.9 Å². The largest absolute Gasteiger partial charge is 0.491 e. The van der Waals surface area contributed by atoms with E-state index in [9.17, 15) is 14.4 Å². The molecular formula is C16H21N3O4. The van der Waals surface area contributed by atoms with Crippen LogP contribution in [0, 0.1) is 11.8 Å². The van der Waals surface area contributed by atoms with Gasteiger partial charge >= 0.3 is 0 Å². The van der Waals surface area contributed by atoms with Gasteiger partial charge < -0.3 is 19.9 Å². The van der Waals surface area contributed by atoms with Crippen molar-refractivity contribution in [3.8, 4) is 5.75 Å². The fourth-order valence-corrected chi connectivity index (χ4v) is 3.65. The van der Waals surface area contributed by atoms with Crippen molar-refractivity contribution >= 4 is 11.8 Å². The molecule has 7 nitrogen and oxygen atoms in total. The number of methoxy groups -OCH3 is 1. The Morgan fingerprint density at radius 2 is 2.04 bits per heavy atom. The van der Waals surface area contributed by atoms with Gasteiger partial charge in [-0.25, -0.2) is 0 Å². The molecule has 1 aliphatic carbocycles. The molecule has 0 unspecified atom stereocenters. The van der Waals surface area contributed by atoms with Crippen LogP contribution < -0.4 is 15.5 Å². The Labute approximate surface area is 134 Å². The lowest BCUT2D eigenvalue weighted by Gasteiger charge is -2.24. The molecule has 0 radical (unpaired) electrons. The van der Waals surface area contributed by atoms with Gasteiger partial charge in [-0.1, -0.05) is 0 Å². The summed E-state index contributed by atoms with van der Waals surface area (Å²) in [6.07, 6.45) is 3.66. The maximum Gasteiger partial charge on any atom is 0.270 e. The van der Waals surface area contributed by atoms with Crippen molar-refractivity contribution in [2.24, 2.45) is 11.8 Å². The molecule has 23 heavy (non-hydrogen) atoms. The van der Waals surface area contributed by atoms with E-state index in [0.717, 1.165) is 12.8 Å². The van der Waals surface area contributed by atoms with Gasteiger partial charge in [-0.2, -0.15) is 0 Å². The third-order valence-electron chi connectivity index (χ3n) is 5.02. The second kappa shape index (κ2) is 6.06. The summed E-state index contributed by atoms with van der Waals surface area (Å²) in [5, 5.41) is 2.89. The summed E-state index contributed by atoms with van der Waals surface area (Å²) < 4.78 is 4.91. The molecule has 1 aliphatic heterocycles. The summed E-state index contributed by atoms with van der Waals surface area (Å²) in [4.78, 5) is 40.4. The van der Waals surface area contributed by atoms with E-state index in [1.807, 2.05) is 0 Å². The topological polar surface area (TPSA) is 91.5 Å². The van der Waals surface area contributed by atoms with Crippen LogP contribution in [-0.4, -0.2) is 48.4 Å². The zero-order valence-corrected chi connectivity index (χ0v) is 13.3. The highest BCUT2D eigenvalue weighted by molar-refractivity contribution is 5.92. The summed E-state index contributed by atoms with van der Waals surface area (Å²) >= 11 is 0. The van der Waals surface area contributed by atoms with E-state index in [1.165, 1.54) is 19.4 Å². The number of hydrogen-bond donors (Lipinski definition) is 2. The van der Waals surface area contributed by atoms with Crippen molar-refractivity contribution in [3.63, 3.8) is 0 Å². The molecule has 2 heterocycles. The van der Waals surface area contributed by atoms with E-state index < -0.39 is 0 Å². The third kappa shape index (κ3) is 2.95. The second-order valence-electron chi connectivity index (χ2n) is 6.35. The number of hydrogen-bond acceptors (Lipinski definition) is 4. The van der Waals surface area contributed by atoms with Gasteiger partial charge in [0.2, 0.25) is 11.3 Å². The van der Waals surface area contributed by atoms with Crippen LogP contribution in [0.1, 0.15) is 29.8 Å². The lowest BCUT2D eigenvalue weighted by molar-refractivity contribution is -0.124. The molecule has 0 bridgehead atoms. The number of ether oxygens (including phenoxy) is 1. The van der Waals surface area contributed by atoms with Gasteiger partial charge in [0.15, 0.2) is 5.75 Å². The van der Waals surface area contributed by atoms with Crippen LogP contribution in [0.3, 0.4) is 0 Å². The summed E-state index contributed by atoms with van der Waals surface area (Å²) in [6, 6.07) is 1.36. The highest BCUT2D eigenvalue weighted by atomic mass is 16.5. The predicted molar refractivity (Wildman–Crippen MR) is 83.3 cm³/mol. The second-order valence-corrected chi connectivity index (χ2v) is 6.35. The van der Waals surface area contributed by atoms with Gasteiger partial charge in [0.1, 0.15) is 5.69 Å². The molecule has 2 amide bonds. The Morgan fingerprint density at radius 3 is 2.74 bits per heavy atom. The molecule has 0 spiro atoms. The number of aromatic nitrogens is 1. The van der Waals surface area contributed by atoms with Crippen LogP contribution in [0.4, 0.5) is 0 Å². The van der Waals surface area contributed by atoms with Crippen molar-refractivity contribution in [1.82, 2.24) is 15.2 Å². The first-order valence-electron chi connectivity index (χ1n) is 7.80. The summed E-state index contributed by atoms with van der Waals surface area (Å²) in [6.45, 7) is 0.696. The maximum absolute atomic E-state index is 12.6. The zero-order chi connectivity index (χ0) is 16.6. The number of rotatable bonds is 3. The number of carbonyl (C=O) groups is 2. The number of nitrogens with one attached hydrogen (secondary N) is 2. The molecule has 0 aromatic carbocycles. The number of H-pyrrole nitrogens is 1. The molecule has 2 aliphatic rings. The summed E-state index contributed by atoms with van der Waals surface area (Å²) in [5.41, 5.74) is -0.0692. The van der Waals surface area contributed by atoms with Gasteiger partial charge in [0.05, 0.1) is 7.11 Å². The predicted octanol–water partition coefficient (Wildman–Crippen LogP) is 0.370. The van der Waals surface area contributed by atoms with Crippen molar-refractivity contribution in [2.45, 2.75) is 25.3 Å². The van der Waals surface area contributed by atoms with Crippen LogP contribution in [0.5, 0.6) is 5.75 Å². The van der Waals surface area contributed by atoms with E-state index in [-0.39, 0.29) is 34.7 Å². The molecule has 3 atom stereocenters. The minimum Gasteiger partial charge on any atom is -0.491 e. The minimum absolute atomic E-state index is 0.0933. The Hall–Kier alpha value is -2.31. The van der Waals surface area contributed by atoms with E-state index in [0.29, 0.717) is 24.8 Å². The fraction of sp³-hybridized carbons (Fsp3) is 0.562. The number of fused-ring (bicyclic) bond motifs is 1. The molecule has 2 fully saturated rings. The lowest BCUT2D eigenvalue weighted by atomic mass is 9.89. The smallest absolute Gasteiger partial charge is 0.270 e. The Balaban J connectivity index is 1.72. The average Bonchev–Trinajstić information content (AvgIpc) is 2.96. The molecular weight excluding hydrogens is 298 g/mol. The zero-order valence-electron chi connectivity index (χ0n) is 13.3. The molecule has 1 saturated carbocycles. The van der Waals surface area contributed by atoms with Gasteiger partial charge in [0, 0.05) is 38.3 Å². The number of carbonyl (C=O) groups excluding carboxylic acids is 2. The summed E-state index contributed by atoms with van der Waals surface area (Å²) in [7, 11) is 3.16. The van der Waals surface area contributed by atoms with Crippen molar-refractivity contribution in [2.75, 3.05) is 20.7 Å². The normalized spacial score (nSPS) is 26.3. The highest BCUT2D eigenvalue weighted by Crippen LogP contribution is 2.38. The van der Waals surface area contributed by atoms with Crippen LogP contribution in [0.2, 0.25) is 0 Å². The van der Waals surface area contributed by atoms with E-state index >= 15 is 0 Å². The quantitative estimate of drug-likeness (QED) is 0.842. The van der Waals surface area contributed by atoms with E-state index in [2.05, 4.69) is 10.3 Å². The molecule has 1 saturated heterocycles. The highest BCUT2D eigenvalue weighted by Gasteiger charge is 2.40. The van der Waals surface area contributed by atoms with Crippen molar-refractivity contribution in [1.29, 1.82) is 0 Å². The Kier molecular flexibility index (Phi) is 4.11. The number of amides is 2. The van der Waals surface area contributed by atoms with E-state index in [4.69, 9.17) is 4.74 Å². The van der Waals surface area contributed by atoms with Crippen LogP contribution in [0.25, 0.3) is 0 Å². The first kappa shape index (κ1) is 15.6. The number of aromatic amines is 1. The average molecular weight is 319 g/mol.